The molecule has 0 aromatic carbocycles. The van der Waals surface area contributed by atoms with Crippen LogP contribution in [0.15, 0.2) is 10.4 Å². The summed E-state index contributed by atoms with van der Waals surface area (Å²) < 4.78 is 25.4. The number of ether oxygens (including phenoxy) is 1. The van der Waals surface area contributed by atoms with E-state index in [1.807, 2.05) is 0 Å². The Labute approximate surface area is 92.6 Å². The Hall–Kier alpha value is 0.540. The van der Waals surface area contributed by atoms with Crippen molar-refractivity contribution in [1.82, 2.24) is 4.98 Å². The third kappa shape index (κ3) is 3.18. The zero-order valence-electron chi connectivity index (χ0n) is 6.07. The summed E-state index contributed by atoms with van der Waals surface area (Å²) in [6.07, 6.45) is 1.26. The first-order valence-corrected chi connectivity index (χ1v) is 4.22. The molecule has 0 aliphatic rings. The average Bonchev–Trinajstić information content (AvgIpc) is 2.34. The molecular weight excluding hydrogens is 197 g/mol. The minimum Gasteiger partial charge on any atom is -0.768 e. The first-order chi connectivity index (χ1) is 4.74. The van der Waals surface area contributed by atoms with Crippen LogP contribution in [0.25, 0.3) is 0 Å². The van der Waals surface area contributed by atoms with Crippen molar-refractivity contribution in [3.05, 3.63) is 6.20 Å². The minimum absolute atomic E-state index is 0. The van der Waals surface area contributed by atoms with Gasteiger partial charge < -0.3 is 9.29 Å². The van der Waals surface area contributed by atoms with Gasteiger partial charge in [-0.3, -0.25) is 4.21 Å². The van der Waals surface area contributed by atoms with Gasteiger partial charge in [-0.15, -0.1) is 0 Å². The van der Waals surface area contributed by atoms with Gasteiger partial charge in [0.1, 0.15) is 4.21 Å². The van der Waals surface area contributed by atoms with Gasteiger partial charge in [-0.2, -0.15) is 0 Å². The van der Waals surface area contributed by atoms with E-state index in [0.29, 0.717) is 5.19 Å². The Morgan fingerprint density at radius 1 is 1.82 bits per heavy atom. The Balaban J connectivity index is 0.000001000. The molecule has 1 aromatic rings. The fraction of sp³-hybridized carbons (Fsp3) is 0.250. The second-order valence-corrected chi connectivity index (χ2v) is 3.54. The van der Waals surface area contributed by atoms with E-state index in [4.69, 9.17) is 0 Å². The molecule has 7 heteroatoms. The van der Waals surface area contributed by atoms with Crippen molar-refractivity contribution >= 4 is 22.4 Å². The molecule has 1 unspecified atom stereocenters. The van der Waals surface area contributed by atoms with Crippen molar-refractivity contribution in [2.24, 2.45) is 0 Å². The molecule has 0 saturated carbocycles. The molecule has 0 saturated heterocycles. The fourth-order valence-electron chi connectivity index (χ4n) is 0.416. The third-order valence-corrected chi connectivity index (χ3v) is 2.65. The molecule has 1 rings (SSSR count). The molecule has 0 amide bonds. The average molecular weight is 201 g/mol. The van der Waals surface area contributed by atoms with E-state index in [9.17, 15) is 8.76 Å². The van der Waals surface area contributed by atoms with E-state index < -0.39 is 11.1 Å². The fourth-order valence-corrected chi connectivity index (χ4v) is 1.51. The maximum Gasteiger partial charge on any atom is 1.00 e. The van der Waals surface area contributed by atoms with Crippen molar-refractivity contribution in [2.75, 3.05) is 7.11 Å². The van der Waals surface area contributed by atoms with Gasteiger partial charge in [0, 0.05) is 0 Å². The van der Waals surface area contributed by atoms with Crippen LogP contribution in [0.1, 0.15) is 0 Å². The van der Waals surface area contributed by atoms with Gasteiger partial charge in [0.2, 0.25) is 0 Å². The summed E-state index contributed by atoms with van der Waals surface area (Å²) in [5.41, 5.74) is 0. The van der Waals surface area contributed by atoms with Crippen LogP contribution in [0.5, 0.6) is 5.19 Å². The number of thiazole rings is 1. The summed E-state index contributed by atoms with van der Waals surface area (Å²) >= 11 is -1.19. The van der Waals surface area contributed by atoms with Gasteiger partial charge in [0.15, 0.2) is 0 Å². The second kappa shape index (κ2) is 5.23. The van der Waals surface area contributed by atoms with E-state index in [-0.39, 0.29) is 33.8 Å². The maximum atomic E-state index is 10.2. The number of hydrogen-bond acceptors (Lipinski definition) is 5. The van der Waals surface area contributed by atoms with Crippen molar-refractivity contribution < 1.29 is 43.1 Å². The molecule has 1 heterocycles. The molecular formula is C4H4NNaO3S2. The monoisotopic (exact) mass is 201 g/mol. The number of methoxy groups -OCH3 is 1. The second-order valence-electron chi connectivity index (χ2n) is 1.38. The van der Waals surface area contributed by atoms with E-state index >= 15 is 0 Å². The van der Waals surface area contributed by atoms with Crippen LogP contribution in [0.3, 0.4) is 0 Å². The zero-order chi connectivity index (χ0) is 7.56. The first-order valence-electron chi connectivity index (χ1n) is 2.33. The zero-order valence-corrected chi connectivity index (χ0v) is 9.70. The Morgan fingerprint density at radius 2 is 2.45 bits per heavy atom. The summed E-state index contributed by atoms with van der Waals surface area (Å²) in [5.74, 6) is 0. The van der Waals surface area contributed by atoms with Crippen LogP contribution in [-0.2, 0) is 11.1 Å². The van der Waals surface area contributed by atoms with Gasteiger partial charge in [-0.25, -0.2) is 4.98 Å². The molecule has 56 valence electrons. The van der Waals surface area contributed by atoms with Crippen LogP contribution < -0.4 is 34.3 Å². The predicted molar refractivity (Wildman–Crippen MR) is 35.9 cm³/mol. The minimum atomic E-state index is -2.18. The predicted octanol–water partition coefficient (Wildman–Crippen LogP) is -2.61. The summed E-state index contributed by atoms with van der Waals surface area (Å²) in [7, 11) is 1.44. The Bertz CT molecular complexity index is 251. The van der Waals surface area contributed by atoms with Gasteiger partial charge in [0.25, 0.3) is 5.19 Å². The van der Waals surface area contributed by atoms with Gasteiger partial charge in [-0.05, 0) is 11.1 Å². The number of nitrogens with zero attached hydrogens (tertiary/aromatic N) is 1. The topological polar surface area (TPSA) is 62.2 Å². The van der Waals surface area contributed by atoms with E-state index in [0.717, 1.165) is 11.3 Å². The summed E-state index contributed by atoms with van der Waals surface area (Å²) in [6, 6.07) is 0. The summed E-state index contributed by atoms with van der Waals surface area (Å²) in [4.78, 5) is 3.66. The van der Waals surface area contributed by atoms with Gasteiger partial charge >= 0.3 is 29.6 Å². The Kier molecular flexibility index (Phi) is 5.49. The summed E-state index contributed by atoms with van der Waals surface area (Å²) in [5, 5.41) is 0.360. The molecule has 0 aliphatic carbocycles. The van der Waals surface area contributed by atoms with E-state index in [2.05, 4.69) is 9.72 Å². The van der Waals surface area contributed by atoms with Crippen LogP contribution in [0.4, 0.5) is 0 Å². The smallest absolute Gasteiger partial charge is 0.768 e. The number of hydrogen-bond donors (Lipinski definition) is 0. The number of aromatic nitrogens is 1. The molecule has 0 aliphatic heterocycles. The molecule has 0 radical (unpaired) electrons. The SMILES string of the molecule is COc1ncc(S(=O)[O-])s1.[Na+]. The van der Waals surface area contributed by atoms with E-state index in [1.165, 1.54) is 13.3 Å². The molecule has 0 spiro atoms. The Morgan fingerprint density at radius 3 is 2.73 bits per heavy atom. The molecule has 0 bridgehead atoms. The van der Waals surface area contributed by atoms with Crippen LogP contribution in [-0.4, -0.2) is 20.9 Å². The molecule has 0 N–H and O–H groups in total. The first kappa shape index (κ1) is 11.5. The van der Waals surface area contributed by atoms with Crippen molar-refractivity contribution in [2.45, 2.75) is 4.21 Å². The maximum absolute atomic E-state index is 10.2. The quantitative estimate of drug-likeness (QED) is 0.388. The van der Waals surface area contributed by atoms with Gasteiger partial charge in [0.05, 0.1) is 13.3 Å². The molecule has 11 heavy (non-hydrogen) atoms. The van der Waals surface area contributed by atoms with Crippen LogP contribution in [0, 0.1) is 0 Å². The van der Waals surface area contributed by atoms with Crippen LogP contribution >= 0.6 is 11.3 Å². The number of rotatable bonds is 2. The van der Waals surface area contributed by atoms with Crippen LogP contribution in [0.2, 0.25) is 0 Å². The largest absolute Gasteiger partial charge is 1.00 e. The van der Waals surface area contributed by atoms with E-state index in [1.54, 1.807) is 0 Å². The van der Waals surface area contributed by atoms with Gasteiger partial charge in [-0.1, -0.05) is 11.3 Å². The molecule has 4 nitrogen and oxygen atoms in total. The normalized spacial score (nSPS) is 11.8. The standard InChI is InChI=1S/C4H5NO3S2.Na/c1-8-4-5-2-3(9-4)10(6)7;/h2H,1H3,(H,6,7);/q;+1/p-1. The molecule has 1 aromatic heterocycles. The molecule has 1 atom stereocenters. The third-order valence-electron chi connectivity index (χ3n) is 0.802. The summed E-state index contributed by atoms with van der Waals surface area (Å²) in [6.45, 7) is 0. The molecule has 0 fully saturated rings. The van der Waals surface area contributed by atoms with Crippen molar-refractivity contribution in [3.63, 3.8) is 0 Å². The van der Waals surface area contributed by atoms with Crippen molar-refractivity contribution in [3.8, 4) is 5.19 Å². The van der Waals surface area contributed by atoms with Crippen molar-refractivity contribution in [1.29, 1.82) is 0 Å².